The molecule has 0 aromatic heterocycles. The standard InChI is InChI=1S/C15H23N3O3/c1-9(19)17-11-7-6-8-15(14(3,4)5,18-10(2)20)12(11)13(16)21/h6-8,12H,1-5H3,(H2,16,21)(H,17,19)(H,18,20). The van der Waals surface area contributed by atoms with Gasteiger partial charge in [-0.3, -0.25) is 14.4 Å². The molecule has 6 nitrogen and oxygen atoms in total. The number of rotatable bonds is 3. The summed E-state index contributed by atoms with van der Waals surface area (Å²) in [6.45, 7) is 8.45. The maximum Gasteiger partial charge on any atom is 0.229 e. The smallest absolute Gasteiger partial charge is 0.229 e. The summed E-state index contributed by atoms with van der Waals surface area (Å²) in [5.74, 6) is -2.03. The third-order valence-electron chi connectivity index (χ3n) is 3.63. The first-order valence-electron chi connectivity index (χ1n) is 6.76. The molecule has 116 valence electrons. The van der Waals surface area contributed by atoms with Crippen molar-refractivity contribution in [2.75, 3.05) is 0 Å². The molecule has 21 heavy (non-hydrogen) atoms. The number of carbonyl (C=O) groups is 3. The van der Waals surface area contributed by atoms with E-state index in [1.807, 2.05) is 20.8 Å². The van der Waals surface area contributed by atoms with Crippen molar-refractivity contribution in [2.45, 2.75) is 40.2 Å². The zero-order valence-electron chi connectivity index (χ0n) is 13.1. The highest BCUT2D eigenvalue weighted by molar-refractivity contribution is 5.87. The molecule has 0 aromatic carbocycles. The molecule has 1 aliphatic carbocycles. The number of carbonyl (C=O) groups excluding carboxylic acids is 3. The summed E-state index contributed by atoms with van der Waals surface area (Å²) in [6.07, 6.45) is 5.10. The number of nitrogens with one attached hydrogen (secondary N) is 2. The molecule has 0 spiro atoms. The first-order chi connectivity index (χ1) is 9.51. The third-order valence-corrected chi connectivity index (χ3v) is 3.63. The Balaban J connectivity index is 3.45. The molecular weight excluding hydrogens is 270 g/mol. The minimum atomic E-state index is -1.00. The van der Waals surface area contributed by atoms with Gasteiger partial charge in [-0.05, 0) is 11.5 Å². The van der Waals surface area contributed by atoms with Crippen molar-refractivity contribution in [2.24, 2.45) is 17.1 Å². The average molecular weight is 293 g/mol. The first kappa shape index (κ1) is 16.9. The normalized spacial score (nSPS) is 25.0. The molecule has 2 atom stereocenters. The summed E-state index contributed by atoms with van der Waals surface area (Å²) in [4.78, 5) is 35.0. The van der Waals surface area contributed by atoms with Crippen LogP contribution in [0.3, 0.4) is 0 Å². The molecule has 0 aromatic rings. The fraction of sp³-hybridized carbons (Fsp3) is 0.533. The molecule has 0 heterocycles. The van der Waals surface area contributed by atoms with E-state index in [0.29, 0.717) is 5.70 Å². The van der Waals surface area contributed by atoms with Crippen LogP contribution < -0.4 is 16.4 Å². The highest BCUT2D eigenvalue weighted by atomic mass is 16.2. The molecule has 0 fully saturated rings. The fourth-order valence-electron chi connectivity index (χ4n) is 2.71. The van der Waals surface area contributed by atoms with Crippen LogP contribution in [-0.2, 0) is 14.4 Å². The van der Waals surface area contributed by atoms with Crippen molar-refractivity contribution in [3.8, 4) is 0 Å². The molecule has 2 unspecified atom stereocenters. The first-order valence-corrected chi connectivity index (χ1v) is 6.76. The summed E-state index contributed by atoms with van der Waals surface area (Å²) in [7, 11) is 0. The Labute approximate surface area is 124 Å². The molecule has 1 aliphatic rings. The van der Waals surface area contributed by atoms with E-state index in [9.17, 15) is 14.4 Å². The lowest BCUT2D eigenvalue weighted by Crippen LogP contribution is -2.65. The number of allylic oxidation sites excluding steroid dienone is 2. The molecule has 6 heteroatoms. The summed E-state index contributed by atoms with van der Waals surface area (Å²) >= 11 is 0. The van der Waals surface area contributed by atoms with Gasteiger partial charge in [-0.2, -0.15) is 0 Å². The van der Waals surface area contributed by atoms with Crippen molar-refractivity contribution in [3.63, 3.8) is 0 Å². The average Bonchev–Trinajstić information content (AvgIpc) is 2.24. The van der Waals surface area contributed by atoms with Crippen LogP contribution in [0.4, 0.5) is 0 Å². The molecule has 0 bridgehead atoms. The van der Waals surface area contributed by atoms with Gasteiger partial charge in [0.25, 0.3) is 0 Å². The molecule has 0 radical (unpaired) electrons. The van der Waals surface area contributed by atoms with Gasteiger partial charge >= 0.3 is 0 Å². The van der Waals surface area contributed by atoms with Crippen molar-refractivity contribution in [1.82, 2.24) is 10.6 Å². The van der Waals surface area contributed by atoms with E-state index in [4.69, 9.17) is 5.73 Å². The number of primary amides is 1. The maximum absolute atomic E-state index is 12.0. The lowest BCUT2D eigenvalue weighted by atomic mass is 9.63. The Morgan fingerprint density at radius 1 is 1.19 bits per heavy atom. The molecule has 0 saturated heterocycles. The Hall–Kier alpha value is -2.11. The van der Waals surface area contributed by atoms with Gasteiger partial charge < -0.3 is 16.4 Å². The number of hydrogen-bond acceptors (Lipinski definition) is 3. The van der Waals surface area contributed by atoms with E-state index in [1.165, 1.54) is 13.8 Å². The lowest BCUT2D eigenvalue weighted by molar-refractivity contribution is -0.127. The SMILES string of the molecule is CC(=O)NC1=CC=CC(NC(C)=O)(C(C)(C)C)C1C(N)=O. The van der Waals surface area contributed by atoms with Crippen LogP contribution in [0.25, 0.3) is 0 Å². The van der Waals surface area contributed by atoms with Crippen LogP contribution in [0.5, 0.6) is 0 Å². The van der Waals surface area contributed by atoms with Crippen LogP contribution in [0.1, 0.15) is 34.6 Å². The second kappa shape index (κ2) is 5.71. The van der Waals surface area contributed by atoms with Gasteiger partial charge in [-0.15, -0.1) is 0 Å². The summed E-state index contributed by atoms with van der Waals surface area (Å²) in [5.41, 5.74) is 4.46. The minimum Gasteiger partial charge on any atom is -0.369 e. The quantitative estimate of drug-likeness (QED) is 0.710. The lowest BCUT2D eigenvalue weighted by Gasteiger charge is -2.49. The monoisotopic (exact) mass is 293 g/mol. The predicted octanol–water partition coefficient (Wildman–Crippen LogP) is 0.599. The van der Waals surface area contributed by atoms with Gasteiger partial charge in [0.15, 0.2) is 0 Å². The molecule has 4 N–H and O–H groups in total. The van der Waals surface area contributed by atoms with Crippen molar-refractivity contribution >= 4 is 17.7 Å². The van der Waals surface area contributed by atoms with Crippen LogP contribution in [0.2, 0.25) is 0 Å². The summed E-state index contributed by atoms with van der Waals surface area (Å²) < 4.78 is 0. The molecule has 0 saturated carbocycles. The van der Waals surface area contributed by atoms with Crippen LogP contribution in [0, 0.1) is 11.3 Å². The van der Waals surface area contributed by atoms with Gasteiger partial charge in [0.1, 0.15) is 5.92 Å². The Morgan fingerprint density at radius 2 is 1.76 bits per heavy atom. The van der Waals surface area contributed by atoms with Crippen LogP contribution in [-0.4, -0.2) is 23.3 Å². The molecule has 3 amide bonds. The van der Waals surface area contributed by atoms with Crippen molar-refractivity contribution < 1.29 is 14.4 Å². The van der Waals surface area contributed by atoms with Crippen molar-refractivity contribution in [1.29, 1.82) is 0 Å². The van der Waals surface area contributed by atoms with Gasteiger partial charge in [0.2, 0.25) is 17.7 Å². The van der Waals surface area contributed by atoms with E-state index < -0.39 is 22.8 Å². The Kier molecular flexibility index (Phi) is 4.61. The largest absolute Gasteiger partial charge is 0.369 e. The third kappa shape index (κ3) is 3.32. The van der Waals surface area contributed by atoms with E-state index in [2.05, 4.69) is 10.6 Å². The highest BCUT2D eigenvalue weighted by Gasteiger charge is 2.52. The van der Waals surface area contributed by atoms with E-state index in [-0.39, 0.29) is 11.8 Å². The minimum absolute atomic E-state index is 0.273. The van der Waals surface area contributed by atoms with Gasteiger partial charge in [-0.25, -0.2) is 0 Å². The highest BCUT2D eigenvalue weighted by Crippen LogP contribution is 2.42. The Morgan fingerprint density at radius 3 is 2.14 bits per heavy atom. The number of amides is 3. The van der Waals surface area contributed by atoms with Crippen LogP contribution >= 0.6 is 0 Å². The van der Waals surface area contributed by atoms with Gasteiger partial charge in [0.05, 0.1) is 5.54 Å². The zero-order chi connectivity index (χ0) is 16.4. The second-order valence-corrected chi connectivity index (χ2v) is 6.30. The van der Waals surface area contributed by atoms with E-state index in [1.54, 1.807) is 18.2 Å². The van der Waals surface area contributed by atoms with E-state index in [0.717, 1.165) is 0 Å². The van der Waals surface area contributed by atoms with Crippen LogP contribution in [0.15, 0.2) is 23.9 Å². The van der Waals surface area contributed by atoms with E-state index >= 15 is 0 Å². The topological polar surface area (TPSA) is 101 Å². The molecule has 0 aliphatic heterocycles. The second-order valence-electron chi connectivity index (χ2n) is 6.30. The molecular formula is C15H23N3O3. The fourth-order valence-corrected chi connectivity index (χ4v) is 2.71. The number of hydrogen-bond donors (Lipinski definition) is 3. The summed E-state index contributed by atoms with van der Waals surface area (Å²) in [6, 6.07) is 0. The molecule has 1 rings (SSSR count). The summed E-state index contributed by atoms with van der Waals surface area (Å²) in [5, 5.41) is 5.48. The van der Waals surface area contributed by atoms with Gasteiger partial charge in [-0.1, -0.05) is 32.9 Å². The predicted molar refractivity (Wildman–Crippen MR) is 79.7 cm³/mol. The zero-order valence-corrected chi connectivity index (χ0v) is 13.1. The Bertz CT molecular complexity index is 529. The number of nitrogens with two attached hydrogens (primary N) is 1. The van der Waals surface area contributed by atoms with Crippen molar-refractivity contribution in [3.05, 3.63) is 23.9 Å². The van der Waals surface area contributed by atoms with Gasteiger partial charge in [0, 0.05) is 19.5 Å². The maximum atomic E-state index is 12.0.